The lowest BCUT2D eigenvalue weighted by atomic mass is 10.00. The normalized spacial score (nSPS) is 19.6. The summed E-state index contributed by atoms with van der Waals surface area (Å²) < 4.78 is 0. The van der Waals surface area contributed by atoms with Gasteiger partial charge in [0.15, 0.2) is 6.10 Å². The monoisotopic (exact) mass is 224 g/mol. The Balaban J connectivity index is 4.41. The number of hydrogen-bond donors (Lipinski definition) is 3. The molecule has 0 bridgehead atoms. The van der Waals surface area contributed by atoms with Crippen molar-refractivity contribution in [2.75, 3.05) is 0 Å². The largest absolute Gasteiger partial charge is 0.479 e. The molecular formula is C6H9BrO4. The van der Waals surface area contributed by atoms with Gasteiger partial charge in [0.05, 0.1) is 0 Å². The van der Waals surface area contributed by atoms with Crippen molar-refractivity contribution in [3.8, 4) is 0 Å². The Bertz CT molecular complexity index is 175. The first-order valence-corrected chi connectivity index (χ1v) is 3.74. The fourth-order valence-corrected chi connectivity index (χ4v) is 1.00. The van der Waals surface area contributed by atoms with Crippen molar-refractivity contribution >= 4 is 21.9 Å². The second-order valence-corrected chi connectivity index (χ2v) is 2.79. The number of aliphatic hydroxyl groups is 2. The summed E-state index contributed by atoms with van der Waals surface area (Å²) in [6.45, 7) is 1.20. The topological polar surface area (TPSA) is 77.8 Å². The van der Waals surface area contributed by atoms with Crippen molar-refractivity contribution < 1.29 is 20.1 Å². The van der Waals surface area contributed by atoms with E-state index < -0.39 is 17.7 Å². The van der Waals surface area contributed by atoms with Crippen molar-refractivity contribution in [3.05, 3.63) is 11.1 Å². The maximum atomic E-state index is 10.2. The highest BCUT2D eigenvalue weighted by atomic mass is 79.9. The van der Waals surface area contributed by atoms with Crippen molar-refractivity contribution in [2.45, 2.75) is 18.6 Å². The number of carboxylic acid groups (broad SMARTS) is 1. The van der Waals surface area contributed by atoms with Gasteiger partial charge in [-0.15, -0.1) is 0 Å². The first-order valence-electron chi connectivity index (χ1n) is 2.83. The average molecular weight is 225 g/mol. The highest BCUT2D eigenvalue weighted by molar-refractivity contribution is 9.11. The molecule has 0 aromatic carbocycles. The van der Waals surface area contributed by atoms with Crippen LogP contribution in [0.5, 0.6) is 0 Å². The molecule has 0 aliphatic rings. The summed E-state index contributed by atoms with van der Waals surface area (Å²) in [7, 11) is 0. The van der Waals surface area contributed by atoms with Gasteiger partial charge in [-0.05, 0) is 18.0 Å². The molecule has 2 unspecified atom stereocenters. The number of aliphatic carboxylic acids is 1. The maximum absolute atomic E-state index is 10.2. The summed E-state index contributed by atoms with van der Waals surface area (Å²) in [6, 6.07) is 0. The van der Waals surface area contributed by atoms with Crippen molar-refractivity contribution in [3.63, 3.8) is 0 Å². The van der Waals surface area contributed by atoms with Gasteiger partial charge in [-0.3, -0.25) is 0 Å². The molecule has 11 heavy (non-hydrogen) atoms. The van der Waals surface area contributed by atoms with Crippen molar-refractivity contribution in [1.29, 1.82) is 0 Å². The number of hydrogen-bond acceptors (Lipinski definition) is 3. The van der Waals surface area contributed by atoms with Crippen LogP contribution in [0.25, 0.3) is 0 Å². The van der Waals surface area contributed by atoms with E-state index in [0.717, 1.165) is 6.08 Å². The third kappa shape index (κ3) is 3.00. The predicted octanol–water partition coefficient (Wildman–Crippen LogP) is 0.0915. The van der Waals surface area contributed by atoms with Crippen molar-refractivity contribution in [2.24, 2.45) is 0 Å². The maximum Gasteiger partial charge on any atom is 0.335 e. The molecule has 0 aromatic rings. The second kappa shape index (κ2) is 3.85. The molecule has 0 rings (SSSR count). The number of halogens is 1. The minimum Gasteiger partial charge on any atom is -0.479 e. The van der Waals surface area contributed by atoms with Gasteiger partial charge in [-0.25, -0.2) is 4.79 Å². The summed E-state index contributed by atoms with van der Waals surface area (Å²) in [5, 5.41) is 26.4. The zero-order valence-corrected chi connectivity index (χ0v) is 7.45. The van der Waals surface area contributed by atoms with Gasteiger partial charge in [0.2, 0.25) is 0 Å². The van der Waals surface area contributed by atoms with E-state index in [-0.39, 0.29) is 0 Å². The quantitative estimate of drug-likeness (QED) is 0.636. The van der Waals surface area contributed by atoms with Crippen molar-refractivity contribution in [1.82, 2.24) is 0 Å². The molecule has 0 saturated heterocycles. The molecule has 0 aliphatic heterocycles. The van der Waals surface area contributed by atoms with E-state index in [9.17, 15) is 9.90 Å². The van der Waals surface area contributed by atoms with Gasteiger partial charge < -0.3 is 15.3 Å². The van der Waals surface area contributed by atoms with Gasteiger partial charge >= 0.3 is 5.97 Å². The zero-order chi connectivity index (χ0) is 9.07. The average Bonchev–Trinajstić information content (AvgIpc) is 1.86. The van der Waals surface area contributed by atoms with Crippen LogP contribution >= 0.6 is 15.9 Å². The first kappa shape index (κ1) is 10.6. The third-order valence-corrected chi connectivity index (χ3v) is 1.45. The van der Waals surface area contributed by atoms with Crippen LogP contribution in [0.15, 0.2) is 11.1 Å². The van der Waals surface area contributed by atoms with Crippen LogP contribution in [0.4, 0.5) is 0 Å². The Morgan fingerprint density at radius 3 is 2.45 bits per heavy atom. The molecule has 64 valence electrons. The highest BCUT2D eigenvalue weighted by Gasteiger charge is 2.33. The van der Waals surface area contributed by atoms with Gasteiger partial charge in [0.1, 0.15) is 5.60 Å². The standard InChI is InChI=1S/C6H9BrO4/c1-6(11,2-3-7)4(8)5(9)10/h2-4,8,11H,1H3,(H,9,10)/b3-2+. The Labute approximate surface area is 72.3 Å². The first-order chi connectivity index (χ1) is 4.91. The molecule has 4 nitrogen and oxygen atoms in total. The Morgan fingerprint density at radius 2 is 2.18 bits per heavy atom. The summed E-state index contributed by atoms with van der Waals surface area (Å²) in [6.07, 6.45) is -0.664. The number of aliphatic hydroxyl groups excluding tert-OH is 1. The van der Waals surface area contributed by atoms with E-state index in [1.54, 1.807) is 0 Å². The minimum absolute atomic E-state index is 1.14. The fraction of sp³-hybridized carbons (Fsp3) is 0.500. The lowest BCUT2D eigenvalue weighted by Gasteiger charge is -2.21. The number of carboxylic acids is 1. The van der Waals surface area contributed by atoms with Gasteiger partial charge in [0, 0.05) is 0 Å². The van der Waals surface area contributed by atoms with Crippen LogP contribution in [-0.4, -0.2) is 33.0 Å². The van der Waals surface area contributed by atoms with E-state index in [4.69, 9.17) is 10.2 Å². The molecular weight excluding hydrogens is 216 g/mol. The summed E-state index contributed by atoms with van der Waals surface area (Å²) in [5.74, 6) is -1.46. The van der Waals surface area contributed by atoms with Crippen LogP contribution in [0.2, 0.25) is 0 Å². The zero-order valence-electron chi connectivity index (χ0n) is 5.86. The highest BCUT2D eigenvalue weighted by Crippen LogP contribution is 2.12. The van der Waals surface area contributed by atoms with E-state index in [0.29, 0.717) is 0 Å². The molecule has 3 N–H and O–H groups in total. The van der Waals surface area contributed by atoms with E-state index in [2.05, 4.69) is 15.9 Å². The Kier molecular flexibility index (Phi) is 3.71. The molecule has 0 amide bonds. The summed E-state index contributed by atoms with van der Waals surface area (Å²) in [5.41, 5.74) is -1.74. The fourth-order valence-electron chi connectivity index (χ4n) is 0.469. The van der Waals surface area contributed by atoms with Gasteiger partial charge in [-0.2, -0.15) is 0 Å². The lowest BCUT2D eigenvalue weighted by molar-refractivity contribution is -0.156. The lowest BCUT2D eigenvalue weighted by Crippen LogP contribution is -2.42. The number of carbonyl (C=O) groups is 1. The predicted molar refractivity (Wildman–Crippen MR) is 42.3 cm³/mol. The molecule has 0 fully saturated rings. The molecule has 0 aromatic heterocycles. The van der Waals surface area contributed by atoms with E-state index in [1.165, 1.54) is 11.9 Å². The smallest absolute Gasteiger partial charge is 0.335 e. The van der Waals surface area contributed by atoms with Crippen LogP contribution in [0.1, 0.15) is 6.92 Å². The van der Waals surface area contributed by atoms with Crippen LogP contribution in [-0.2, 0) is 4.79 Å². The molecule has 0 spiro atoms. The molecule has 0 saturated carbocycles. The van der Waals surface area contributed by atoms with Gasteiger partial charge in [0.25, 0.3) is 0 Å². The second-order valence-electron chi connectivity index (χ2n) is 2.26. The molecule has 0 aliphatic carbocycles. The summed E-state index contributed by atoms with van der Waals surface area (Å²) >= 11 is 2.86. The molecule has 5 heteroatoms. The molecule has 0 heterocycles. The SMILES string of the molecule is CC(O)(/C=C/Br)C(O)C(=O)O. The van der Waals surface area contributed by atoms with Crippen LogP contribution < -0.4 is 0 Å². The van der Waals surface area contributed by atoms with Gasteiger partial charge in [-0.1, -0.05) is 15.9 Å². The Morgan fingerprint density at radius 1 is 1.73 bits per heavy atom. The number of rotatable bonds is 3. The third-order valence-electron chi connectivity index (χ3n) is 1.19. The molecule has 0 radical (unpaired) electrons. The minimum atomic E-state index is -1.81. The summed E-state index contributed by atoms with van der Waals surface area (Å²) in [4.78, 5) is 11.5. The van der Waals surface area contributed by atoms with Crippen LogP contribution in [0, 0.1) is 0 Å². The Hall–Kier alpha value is -0.390. The van der Waals surface area contributed by atoms with Crippen LogP contribution in [0.3, 0.4) is 0 Å². The molecule has 2 atom stereocenters. The van der Waals surface area contributed by atoms with E-state index in [1.807, 2.05) is 0 Å². The van der Waals surface area contributed by atoms with E-state index >= 15 is 0 Å².